The topological polar surface area (TPSA) is 40.5 Å². The molecule has 0 saturated carbocycles. The van der Waals surface area contributed by atoms with Crippen LogP contribution >= 0.6 is 11.8 Å². The van der Waals surface area contributed by atoms with Crippen molar-refractivity contribution in [3.63, 3.8) is 0 Å². The average molecular weight is 203 g/mol. The first-order valence-corrected chi connectivity index (χ1v) is 6.05. The van der Waals surface area contributed by atoms with E-state index in [-0.39, 0.29) is 12.5 Å². The zero-order valence-corrected chi connectivity index (χ0v) is 8.85. The summed E-state index contributed by atoms with van der Waals surface area (Å²) in [5.74, 6) is 1.24. The lowest BCUT2D eigenvalue weighted by atomic mass is 9.98. The Morgan fingerprint density at radius 2 is 2.15 bits per heavy atom. The van der Waals surface area contributed by atoms with Gasteiger partial charge >= 0.3 is 0 Å². The zero-order valence-electron chi connectivity index (χ0n) is 8.03. The number of nitrogens with zero attached hydrogens (tertiary/aromatic N) is 1. The number of amides is 1. The molecule has 1 aliphatic rings. The first-order chi connectivity index (χ1) is 6.27. The van der Waals surface area contributed by atoms with Crippen LogP contribution in [-0.4, -0.2) is 47.6 Å². The monoisotopic (exact) mass is 203 g/mol. The molecule has 0 atom stereocenters. The number of piperidine rings is 1. The molecular weight excluding hydrogens is 186 g/mol. The van der Waals surface area contributed by atoms with E-state index in [9.17, 15) is 4.79 Å². The average Bonchev–Trinajstić information content (AvgIpc) is 2.18. The summed E-state index contributed by atoms with van der Waals surface area (Å²) in [7, 11) is 0. The number of carbonyl (C=O) groups is 1. The van der Waals surface area contributed by atoms with Crippen molar-refractivity contribution in [3.05, 3.63) is 0 Å². The van der Waals surface area contributed by atoms with Gasteiger partial charge in [-0.3, -0.25) is 4.79 Å². The molecule has 0 spiro atoms. The summed E-state index contributed by atoms with van der Waals surface area (Å²) in [5.41, 5.74) is 0. The van der Waals surface area contributed by atoms with E-state index in [2.05, 4.69) is 0 Å². The van der Waals surface area contributed by atoms with Gasteiger partial charge in [-0.2, -0.15) is 11.8 Å². The lowest BCUT2D eigenvalue weighted by molar-refractivity contribution is -0.129. The Morgan fingerprint density at radius 3 is 2.62 bits per heavy atom. The minimum absolute atomic E-state index is 0.240. The lowest BCUT2D eigenvalue weighted by Gasteiger charge is -2.30. The molecule has 0 unspecified atom stereocenters. The van der Waals surface area contributed by atoms with E-state index in [4.69, 9.17) is 5.11 Å². The molecule has 1 aliphatic heterocycles. The second-order valence-electron chi connectivity index (χ2n) is 3.44. The van der Waals surface area contributed by atoms with Gasteiger partial charge in [-0.05, 0) is 25.0 Å². The Balaban J connectivity index is 2.28. The lowest BCUT2D eigenvalue weighted by Crippen LogP contribution is -2.40. The second-order valence-corrected chi connectivity index (χ2v) is 4.31. The van der Waals surface area contributed by atoms with Crippen LogP contribution in [0.4, 0.5) is 0 Å². The number of rotatable bonds is 3. The molecule has 0 bridgehead atoms. The number of aliphatic hydroxyl groups is 1. The second kappa shape index (κ2) is 5.50. The minimum atomic E-state index is 0.240. The molecule has 76 valence electrons. The highest BCUT2D eigenvalue weighted by molar-refractivity contribution is 7.99. The van der Waals surface area contributed by atoms with Gasteiger partial charge in [0.05, 0.1) is 5.75 Å². The fourth-order valence-electron chi connectivity index (χ4n) is 1.58. The maximum atomic E-state index is 11.4. The van der Waals surface area contributed by atoms with Gasteiger partial charge in [0.1, 0.15) is 0 Å². The third kappa shape index (κ3) is 3.19. The summed E-state index contributed by atoms with van der Waals surface area (Å²) in [4.78, 5) is 13.3. The fraction of sp³-hybridized carbons (Fsp3) is 0.889. The van der Waals surface area contributed by atoms with Gasteiger partial charge in [-0.15, -0.1) is 0 Å². The Kier molecular flexibility index (Phi) is 4.59. The van der Waals surface area contributed by atoms with Gasteiger partial charge in [0.2, 0.25) is 5.91 Å². The van der Waals surface area contributed by atoms with Gasteiger partial charge in [0.15, 0.2) is 0 Å². The molecule has 1 fully saturated rings. The van der Waals surface area contributed by atoms with E-state index >= 15 is 0 Å². The standard InChI is InChI=1S/C9H17NO2S/c1-13-7-9(12)10-4-2-8(6-11)3-5-10/h8,11H,2-7H2,1H3. The molecule has 4 heteroatoms. The van der Waals surface area contributed by atoms with Crippen molar-refractivity contribution in [2.24, 2.45) is 5.92 Å². The van der Waals surface area contributed by atoms with Gasteiger partial charge in [0.25, 0.3) is 0 Å². The van der Waals surface area contributed by atoms with Gasteiger partial charge in [-0.25, -0.2) is 0 Å². The van der Waals surface area contributed by atoms with E-state index in [1.165, 1.54) is 0 Å². The Hall–Kier alpha value is -0.220. The van der Waals surface area contributed by atoms with Crippen LogP contribution < -0.4 is 0 Å². The third-order valence-corrected chi connectivity index (χ3v) is 3.03. The maximum Gasteiger partial charge on any atom is 0.232 e. The van der Waals surface area contributed by atoms with E-state index in [0.717, 1.165) is 25.9 Å². The van der Waals surface area contributed by atoms with Crippen LogP contribution in [0.5, 0.6) is 0 Å². The van der Waals surface area contributed by atoms with Crippen molar-refractivity contribution in [2.45, 2.75) is 12.8 Å². The SMILES string of the molecule is CSCC(=O)N1CCC(CO)CC1. The Morgan fingerprint density at radius 1 is 1.54 bits per heavy atom. The normalized spacial score (nSPS) is 19.1. The van der Waals surface area contributed by atoms with E-state index < -0.39 is 0 Å². The molecule has 0 aromatic heterocycles. The summed E-state index contributed by atoms with van der Waals surface area (Å²) >= 11 is 1.57. The van der Waals surface area contributed by atoms with E-state index in [1.807, 2.05) is 11.2 Å². The molecular formula is C9H17NO2S. The maximum absolute atomic E-state index is 11.4. The fourth-order valence-corrected chi connectivity index (χ4v) is 2.01. The predicted octanol–water partition coefficient (Wildman–Crippen LogP) is 0.580. The van der Waals surface area contributed by atoms with Crippen LogP contribution in [0.3, 0.4) is 0 Å². The Bertz CT molecular complexity index is 167. The molecule has 0 radical (unpaired) electrons. The first-order valence-electron chi connectivity index (χ1n) is 4.65. The van der Waals surface area contributed by atoms with Crippen molar-refractivity contribution >= 4 is 17.7 Å². The molecule has 1 heterocycles. The highest BCUT2D eigenvalue weighted by Crippen LogP contribution is 2.16. The minimum Gasteiger partial charge on any atom is -0.396 e. The molecule has 13 heavy (non-hydrogen) atoms. The van der Waals surface area contributed by atoms with Crippen molar-refractivity contribution in [1.29, 1.82) is 0 Å². The molecule has 0 aromatic rings. The van der Waals surface area contributed by atoms with E-state index in [0.29, 0.717) is 11.7 Å². The van der Waals surface area contributed by atoms with Gasteiger partial charge in [0, 0.05) is 19.7 Å². The number of hydrogen-bond donors (Lipinski definition) is 1. The van der Waals surface area contributed by atoms with Crippen molar-refractivity contribution in [2.75, 3.05) is 31.7 Å². The number of hydrogen-bond acceptors (Lipinski definition) is 3. The zero-order chi connectivity index (χ0) is 9.68. The smallest absolute Gasteiger partial charge is 0.232 e. The molecule has 0 aliphatic carbocycles. The number of likely N-dealkylation sites (tertiary alicyclic amines) is 1. The molecule has 3 nitrogen and oxygen atoms in total. The number of aliphatic hydroxyl groups excluding tert-OH is 1. The van der Waals surface area contributed by atoms with Crippen LogP contribution in [0.15, 0.2) is 0 Å². The van der Waals surface area contributed by atoms with Gasteiger partial charge in [-0.1, -0.05) is 0 Å². The van der Waals surface area contributed by atoms with Crippen molar-refractivity contribution < 1.29 is 9.90 Å². The highest BCUT2D eigenvalue weighted by Gasteiger charge is 2.21. The van der Waals surface area contributed by atoms with Crippen LogP contribution in [0, 0.1) is 5.92 Å². The first kappa shape index (κ1) is 10.9. The molecule has 1 amide bonds. The van der Waals surface area contributed by atoms with Crippen molar-refractivity contribution in [1.82, 2.24) is 4.90 Å². The van der Waals surface area contributed by atoms with Gasteiger partial charge < -0.3 is 10.0 Å². The predicted molar refractivity (Wildman–Crippen MR) is 54.8 cm³/mol. The van der Waals surface area contributed by atoms with Crippen molar-refractivity contribution in [3.8, 4) is 0 Å². The van der Waals surface area contributed by atoms with Crippen LogP contribution in [0.25, 0.3) is 0 Å². The third-order valence-electron chi connectivity index (χ3n) is 2.49. The number of thioether (sulfide) groups is 1. The van der Waals surface area contributed by atoms with E-state index in [1.54, 1.807) is 11.8 Å². The quantitative estimate of drug-likeness (QED) is 0.729. The highest BCUT2D eigenvalue weighted by atomic mass is 32.2. The van der Waals surface area contributed by atoms with Crippen LogP contribution in [0.2, 0.25) is 0 Å². The summed E-state index contributed by atoms with van der Waals surface area (Å²) in [6.07, 6.45) is 3.85. The Labute approximate surface area is 83.5 Å². The summed E-state index contributed by atoms with van der Waals surface area (Å²) in [5, 5.41) is 8.91. The summed E-state index contributed by atoms with van der Waals surface area (Å²) in [6.45, 7) is 1.92. The molecule has 1 rings (SSSR count). The number of carbonyl (C=O) groups excluding carboxylic acids is 1. The molecule has 1 N–H and O–H groups in total. The van der Waals surface area contributed by atoms with Crippen LogP contribution in [-0.2, 0) is 4.79 Å². The molecule has 0 aromatic carbocycles. The largest absolute Gasteiger partial charge is 0.396 e. The molecule has 1 saturated heterocycles. The van der Waals surface area contributed by atoms with Crippen LogP contribution in [0.1, 0.15) is 12.8 Å². The summed E-state index contributed by atoms with van der Waals surface area (Å²) in [6, 6.07) is 0. The summed E-state index contributed by atoms with van der Waals surface area (Å²) < 4.78 is 0.